The molecule has 5 nitrogen and oxygen atoms in total. The van der Waals surface area contributed by atoms with E-state index >= 15 is 0 Å². The summed E-state index contributed by atoms with van der Waals surface area (Å²) in [4.78, 5) is 26.7. The number of carboxylic acid groups (broad SMARTS) is 1. The summed E-state index contributed by atoms with van der Waals surface area (Å²) in [6, 6.07) is 9.00. The first-order chi connectivity index (χ1) is 9.66. The molecular weight excluding hydrogens is 276 g/mol. The Morgan fingerprint density at radius 1 is 1.30 bits per heavy atom. The minimum absolute atomic E-state index is 0.00307. The molecule has 1 aromatic carbocycles. The van der Waals surface area contributed by atoms with Crippen LogP contribution in [0, 0.1) is 0 Å². The number of thiazole rings is 1. The first kappa shape index (κ1) is 14.2. The van der Waals surface area contributed by atoms with Crippen molar-refractivity contribution < 1.29 is 14.7 Å². The van der Waals surface area contributed by atoms with Crippen LogP contribution in [-0.4, -0.2) is 22.0 Å². The van der Waals surface area contributed by atoms with Crippen LogP contribution in [0.3, 0.4) is 0 Å². The smallest absolute Gasteiger partial charge is 0.303 e. The summed E-state index contributed by atoms with van der Waals surface area (Å²) in [6.07, 6.45) is 0.339. The van der Waals surface area contributed by atoms with Gasteiger partial charge in [0.15, 0.2) is 0 Å². The Bertz CT molecular complexity index is 569. The number of hydrogen-bond acceptors (Lipinski definition) is 4. The van der Waals surface area contributed by atoms with E-state index in [1.54, 1.807) is 10.9 Å². The lowest BCUT2D eigenvalue weighted by molar-refractivity contribution is -0.137. The van der Waals surface area contributed by atoms with Crippen molar-refractivity contribution in [3.8, 4) is 0 Å². The zero-order chi connectivity index (χ0) is 14.4. The van der Waals surface area contributed by atoms with E-state index in [4.69, 9.17) is 5.11 Å². The van der Waals surface area contributed by atoms with Crippen molar-refractivity contribution in [3.05, 3.63) is 52.5 Å². The lowest BCUT2D eigenvalue weighted by Gasteiger charge is -2.17. The molecule has 1 aromatic heterocycles. The molecule has 2 N–H and O–H groups in total. The Labute approximate surface area is 120 Å². The van der Waals surface area contributed by atoms with Gasteiger partial charge in [0.1, 0.15) is 5.69 Å². The topological polar surface area (TPSA) is 79.3 Å². The van der Waals surface area contributed by atoms with Gasteiger partial charge in [-0.3, -0.25) is 9.59 Å². The van der Waals surface area contributed by atoms with Gasteiger partial charge < -0.3 is 10.4 Å². The van der Waals surface area contributed by atoms with Crippen molar-refractivity contribution in [1.29, 1.82) is 0 Å². The first-order valence-corrected chi connectivity index (χ1v) is 7.07. The summed E-state index contributed by atoms with van der Waals surface area (Å²) in [6.45, 7) is 0. The molecular formula is C14H14N2O3S. The highest BCUT2D eigenvalue weighted by Gasteiger charge is 2.17. The van der Waals surface area contributed by atoms with Gasteiger partial charge in [0.05, 0.1) is 11.6 Å². The van der Waals surface area contributed by atoms with Crippen molar-refractivity contribution in [2.24, 2.45) is 0 Å². The zero-order valence-corrected chi connectivity index (χ0v) is 11.5. The number of nitrogens with zero attached hydrogens (tertiary/aromatic N) is 1. The molecule has 0 radical (unpaired) electrons. The lowest BCUT2D eigenvalue weighted by Crippen LogP contribution is -2.29. The number of amides is 1. The Morgan fingerprint density at radius 3 is 2.65 bits per heavy atom. The minimum Gasteiger partial charge on any atom is -0.481 e. The largest absolute Gasteiger partial charge is 0.481 e. The highest BCUT2D eigenvalue weighted by atomic mass is 32.1. The first-order valence-electron chi connectivity index (χ1n) is 6.12. The highest BCUT2D eigenvalue weighted by Crippen LogP contribution is 2.19. The average Bonchev–Trinajstić information content (AvgIpc) is 2.98. The van der Waals surface area contributed by atoms with Gasteiger partial charge in [0.2, 0.25) is 0 Å². The van der Waals surface area contributed by atoms with Crippen LogP contribution in [0.2, 0.25) is 0 Å². The maximum atomic E-state index is 12.0. The van der Waals surface area contributed by atoms with Crippen LogP contribution in [0.5, 0.6) is 0 Å². The number of aromatic nitrogens is 1. The van der Waals surface area contributed by atoms with Gasteiger partial charge in [-0.15, -0.1) is 11.3 Å². The molecule has 1 unspecified atom stereocenters. The molecule has 1 amide bonds. The van der Waals surface area contributed by atoms with Crippen LogP contribution in [0.1, 0.15) is 34.9 Å². The van der Waals surface area contributed by atoms with E-state index in [9.17, 15) is 9.59 Å². The molecule has 2 aromatic rings. The molecule has 104 valence electrons. The molecule has 0 aliphatic rings. The van der Waals surface area contributed by atoms with Gasteiger partial charge >= 0.3 is 5.97 Å². The molecule has 6 heteroatoms. The van der Waals surface area contributed by atoms with Crippen molar-refractivity contribution in [2.45, 2.75) is 18.9 Å². The van der Waals surface area contributed by atoms with Crippen molar-refractivity contribution in [3.63, 3.8) is 0 Å². The Balaban J connectivity index is 2.10. The number of carbonyl (C=O) groups is 2. The number of rotatable bonds is 6. The fraction of sp³-hybridized carbons (Fsp3) is 0.214. The highest BCUT2D eigenvalue weighted by molar-refractivity contribution is 7.07. The van der Waals surface area contributed by atoms with Crippen LogP contribution >= 0.6 is 11.3 Å². The maximum absolute atomic E-state index is 12.0. The van der Waals surface area contributed by atoms with E-state index in [0.29, 0.717) is 12.1 Å². The van der Waals surface area contributed by atoms with E-state index in [1.807, 2.05) is 30.3 Å². The van der Waals surface area contributed by atoms with Gasteiger partial charge in [-0.2, -0.15) is 0 Å². The fourth-order valence-corrected chi connectivity index (χ4v) is 2.36. The monoisotopic (exact) mass is 290 g/mol. The molecule has 1 heterocycles. The second-order valence-electron chi connectivity index (χ2n) is 4.24. The van der Waals surface area contributed by atoms with E-state index in [0.717, 1.165) is 5.56 Å². The summed E-state index contributed by atoms with van der Waals surface area (Å²) in [5.41, 5.74) is 2.83. The number of aliphatic carboxylic acids is 1. The van der Waals surface area contributed by atoms with Crippen LogP contribution in [0.25, 0.3) is 0 Å². The van der Waals surface area contributed by atoms with Crippen molar-refractivity contribution in [1.82, 2.24) is 10.3 Å². The van der Waals surface area contributed by atoms with Crippen molar-refractivity contribution in [2.75, 3.05) is 0 Å². The van der Waals surface area contributed by atoms with Crippen LogP contribution in [0.15, 0.2) is 41.2 Å². The number of nitrogens with one attached hydrogen (secondary N) is 1. The molecule has 0 bridgehead atoms. The zero-order valence-electron chi connectivity index (χ0n) is 10.7. The Morgan fingerprint density at radius 2 is 2.05 bits per heavy atom. The number of carbonyl (C=O) groups excluding carboxylic acids is 1. The van der Waals surface area contributed by atoms with Crippen LogP contribution in [-0.2, 0) is 4.79 Å². The summed E-state index contributed by atoms with van der Waals surface area (Å²) >= 11 is 1.34. The van der Waals surface area contributed by atoms with Crippen LogP contribution in [0.4, 0.5) is 0 Å². The molecule has 0 aliphatic carbocycles. The molecule has 0 spiro atoms. The lowest BCUT2D eigenvalue weighted by atomic mass is 10.0. The third-order valence-corrected chi connectivity index (χ3v) is 3.41. The molecule has 2 rings (SSSR count). The third kappa shape index (κ3) is 3.89. The molecule has 1 atom stereocenters. The van der Waals surface area contributed by atoms with Crippen molar-refractivity contribution >= 4 is 23.2 Å². The van der Waals surface area contributed by atoms with Crippen LogP contribution < -0.4 is 5.32 Å². The average molecular weight is 290 g/mol. The van der Waals surface area contributed by atoms with E-state index < -0.39 is 5.97 Å². The Kier molecular flexibility index (Phi) is 4.84. The summed E-state index contributed by atoms with van der Waals surface area (Å²) < 4.78 is 0. The number of benzene rings is 1. The normalized spacial score (nSPS) is 11.8. The molecule has 0 saturated heterocycles. The predicted octanol–water partition coefficient (Wildman–Crippen LogP) is 2.48. The summed E-state index contributed by atoms with van der Waals surface area (Å²) in [5.74, 6) is -1.17. The molecule has 0 saturated carbocycles. The van der Waals surface area contributed by atoms with Gasteiger partial charge in [0.25, 0.3) is 5.91 Å². The van der Waals surface area contributed by atoms with Gasteiger partial charge in [-0.1, -0.05) is 30.3 Å². The summed E-state index contributed by atoms with van der Waals surface area (Å²) in [7, 11) is 0. The summed E-state index contributed by atoms with van der Waals surface area (Å²) in [5, 5.41) is 13.3. The second-order valence-corrected chi connectivity index (χ2v) is 4.96. The third-order valence-electron chi connectivity index (χ3n) is 2.82. The van der Waals surface area contributed by atoms with E-state index in [2.05, 4.69) is 10.3 Å². The predicted molar refractivity (Wildman–Crippen MR) is 75.6 cm³/mol. The van der Waals surface area contributed by atoms with E-state index in [1.165, 1.54) is 11.3 Å². The quantitative estimate of drug-likeness (QED) is 0.856. The standard InChI is InChI=1S/C14H14N2O3S/c17-13(18)7-6-11(10-4-2-1-3-5-10)16-14(19)12-8-20-9-15-12/h1-5,8-9,11H,6-7H2,(H,16,19)(H,17,18). The fourth-order valence-electron chi connectivity index (χ4n) is 1.83. The maximum Gasteiger partial charge on any atom is 0.303 e. The second kappa shape index (κ2) is 6.81. The number of carboxylic acids is 1. The molecule has 0 fully saturated rings. The molecule has 0 aliphatic heterocycles. The van der Waals surface area contributed by atoms with Gasteiger partial charge in [-0.05, 0) is 12.0 Å². The van der Waals surface area contributed by atoms with Gasteiger partial charge in [0, 0.05) is 11.8 Å². The minimum atomic E-state index is -0.881. The number of hydrogen-bond donors (Lipinski definition) is 2. The van der Waals surface area contributed by atoms with E-state index in [-0.39, 0.29) is 18.4 Å². The van der Waals surface area contributed by atoms with Gasteiger partial charge in [-0.25, -0.2) is 4.98 Å². The Hall–Kier alpha value is -2.21. The SMILES string of the molecule is O=C(O)CCC(NC(=O)c1cscn1)c1ccccc1. The molecule has 20 heavy (non-hydrogen) atoms.